The fourth-order valence-electron chi connectivity index (χ4n) is 2.95. The van der Waals surface area contributed by atoms with Crippen LogP contribution < -0.4 is 10.3 Å². The fraction of sp³-hybridized carbons (Fsp3) is 0.286. The summed E-state index contributed by atoms with van der Waals surface area (Å²) in [5.74, 6) is 0.388. The Morgan fingerprint density at radius 3 is 2.56 bits per heavy atom. The summed E-state index contributed by atoms with van der Waals surface area (Å²) in [6.45, 7) is 4.41. The average molecular weight is 366 g/mol. The zero-order valence-electron chi connectivity index (χ0n) is 15.7. The van der Waals surface area contributed by atoms with Crippen molar-refractivity contribution in [3.8, 4) is 5.75 Å². The Labute approximate surface area is 157 Å². The van der Waals surface area contributed by atoms with Crippen LogP contribution in [0.5, 0.6) is 5.75 Å². The molecule has 0 fully saturated rings. The van der Waals surface area contributed by atoms with E-state index in [0.717, 1.165) is 11.3 Å². The molecule has 27 heavy (non-hydrogen) atoms. The second-order valence-electron chi connectivity index (χ2n) is 6.18. The van der Waals surface area contributed by atoms with E-state index in [1.54, 1.807) is 36.8 Å². The van der Waals surface area contributed by atoms with E-state index in [1.165, 1.54) is 0 Å². The van der Waals surface area contributed by atoms with Gasteiger partial charge in [-0.3, -0.25) is 4.79 Å². The number of aromatic nitrogens is 2. The molecule has 0 unspecified atom stereocenters. The van der Waals surface area contributed by atoms with E-state index < -0.39 is 5.97 Å². The Bertz CT molecular complexity index is 1020. The maximum atomic E-state index is 12.3. The van der Waals surface area contributed by atoms with Crippen LogP contribution in [-0.2, 0) is 17.7 Å². The van der Waals surface area contributed by atoms with Crippen molar-refractivity contribution in [2.45, 2.75) is 26.8 Å². The van der Waals surface area contributed by atoms with Gasteiger partial charge in [-0.25, -0.2) is 9.78 Å². The smallest absolute Gasteiger partial charge is 0.338 e. The second kappa shape index (κ2) is 8.03. The van der Waals surface area contributed by atoms with Crippen LogP contribution in [0.25, 0.3) is 11.0 Å². The van der Waals surface area contributed by atoms with Crippen molar-refractivity contribution in [1.29, 1.82) is 0 Å². The predicted octanol–water partition coefficient (Wildman–Crippen LogP) is 3.13. The van der Waals surface area contributed by atoms with Crippen molar-refractivity contribution in [2.24, 2.45) is 0 Å². The summed E-state index contributed by atoms with van der Waals surface area (Å²) < 4.78 is 12.2. The maximum Gasteiger partial charge on any atom is 0.338 e. The van der Waals surface area contributed by atoms with E-state index in [0.29, 0.717) is 35.3 Å². The Hall–Kier alpha value is -3.15. The lowest BCUT2D eigenvalue weighted by atomic mass is 10.1. The lowest BCUT2D eigenvalue weighted by molar-refractivity contribution is 0.0509. The average Bonchev–Trinajstić information content (AvgIpc) is 2.69. The van der Waals surface area contributed by atoms with Gasteiger partial charge in [-0.15, -0.1) is 0 Å². The van der Waals surface area contributed by atoms with Gasteiger partial charge in [0.2, 0.25) is 0 Å². The van der Waals surface area contributed by atoms with Gasteiger partial charge < -0.3 is 14.0 Å². The number of carbonyl (C=O) groups is 1. The van der Waals surface area contributed by atoms with E-state index in [-0.39, 0.29) is 12.2 Å². The highest BCUT2D eigenvalue weighted by Gasteiger charge is 2.12. The highest BCUT2D eigenvalue weighted by atomic mass is 16.5. The largest absolute Gasteiger partial charge is 0.497 e. The molecule has 0 radical (unpaired) electrons. The first kappa shape index (κ1) is 18.6. The number of hydrogen-bond acceptors (Lipinski definition) is 5. The summed E-state index contributed by atoms with van der Waals surface area (Å²) in [6, 6.07) is 12.7. The SMILES string of the molecule is CCn1c(=O)c(C)nc2cc(C(=O)OCCc3ccc(OC)cc3)ccc21. The monoisotopic (exact) mass is 366 g/mol. The normalized spacial score (nSPS) is 10.8. The van der Waals surface area contributed by atoms with Crippen molar-refractivity contribution in [3.63, 3.8) is 0 Å². The molecule has 1 aromatic heterocycles. The molecule has 6 nitrogen and oxygen atoms in total. The zero-order chi connectivity index (χ0) is 19.4. The van der Waals surface area contributed by atoms with Crippen LogP contribution >= 0.6 is 0 Å². The summed E-state index contributed by atoms with van der Waals surface area (Å²) >= 11 is 0. The van der Waals surface area contributed by atoms with Crippen molar-refractivity contribution >= 4 is 17.0 Å². The summed E-state index contributed by atoms with van der Waals surface area (Å²) in [5, 5.41) is 0. The molecule has 0 aliphatic heterocycles. The standard InChI is InChI=1S/C21H22N2O4/c1-4-23-19-10-7-16(13-18(19)22-14(2)20(23)24)21(25)27-12-11-15-5-8-17(26-3)9-6-15/h5-10,13H,4,11-12H2,1-3H3. The van der Waals surface area contributed by atoms with Crippen LogP contribution in [0.15, 0.2) is 47.3 Å². The molecule has 0 saturated carbocycles. The Morgan fingerprint density at radius 2 is 1.89 bits per heavy atom. The highest BCUT2D eigenvalue weighted by Crippen LogP contribution is 2.15. The van der Waals surface area contributed by atoms with Crippen LogP contribution in [0.4, 0.5) is 0 Å². The minimum Gasteiger partial charge on any atom is -0.497 e. The van der Waals surface area contributed by atoms with Gasteiger partial charge in [0.15, 0.2) is 0 Å². The van der Waals surface area contributed by atoms with E-state index in [4.69, 9.17) is 9.47 Å². The molecule has 0 bridgehead atoms. The van der Waals surface area contributed by atoms with Crippen molar-refractivity contribution in [3.05, 3.63) is 69.6 Å². The molecule has 0 spiro atoms. The number of methoxy groups -OCH3 is 1. The number of aryl methyl sites for hydroxylation is 2. The molecule has 3 aromatic rings. The third-order valence-electron chi connectivity index (χ3n) is 4.44. The van der Waals surface area contributed by atoms with E-state index >= 15 is 0 Å². The van der Waals surface area contributed by atoms with E-state index in [9.17, 15) is 9.59 Å². The van der Waals surface area contributed by atoms with Crippen molar-refractivity contribution in [1.82, 2.24) is 9.55 Å². The van der Waals surface area contributed by atoms with Crippen LogP contribution in [-0.4, -0.2) is 29.2 Å². The summed E-state index contributed by atoms with van der Waals surface area (Å²) in [4.78, 5) is 28.8. The number of ether oxygens (including phenoxy) is 2. The lowest BCUT2D eigenvalue weighted by Crippen LogP contribution is -2.23. The molecule has 2 aromatic carbocycles. The van der Waals surface area contributed by atoms with E-state index in [2.05, 4.69) is 4.98 Å². The first-order chi connectivity index (χ1) is 13.0. The fourth-order valence-corrected chi connectivity index (χ4v) is 2.95. The van der Waals surface area contributed by atoms with Gasteiger partial charge in [-0.2, -0.15) is 0 Å². The lowest BCUT2D eigenvalue weighted by Gasteiger charge is -2.10. The number of fused-ring (bicyclic) bond motifs is 1. The second-order valence-corrected chi connectivity index (χ2v) is 6.18. The highest BCUT2D eigenvalue weighted by molar-refractivity contribution is 5.93. The summed E-state index contributed by atoms with van der Waals surface area (Å²) in [5.41, 5.74) is 3.10. The molecular formula is C21H22N2O4. The third-order valence-corrected chi connectivity index (χ3v) is 4.44. The Morgan fingerprint density at radius 1 is 1.15 bits per heavy atom. The third kappa shape index (κ3) is 4.00. The number of nitrogens with zero attached hydrogens (tertiary/aromatic N) is 2. The number of benzene rings is 2. The van der Waals surface area contributed by atoms with Gasteiger partial charge in [0.1, 0.15) is 11.4 Å². The van der Waals surface area contributed by atoms with Gasteiger partial charge in [0.25, 0.3) is 5.56 Å². The molecule has 0 N–H and O–H groups in total. The van der Waals surface area contributed by atoms with Crippen LogP contribution in [0, 0.1) is 6.92 Å². The van der Waals surface area contributed by atoms with Gasteiger partial charge in [-0.1, -0.05) is 12.1 Å². The van der Waals surface area contributed by atoms with Gasteiger partial charge >= 0.3 is 5.97 Å². The molecule has 0 amide bonds. The number of hydrogen-bond donors (Lipinski definition) is 0. The van der Waals surface area contributed by atoms with Crippen molar-refractivity contribution in [2.75, 3.05) is 13.7 Å². The van der Waals surface area contributed by atoms with Gasteiger partial charge in [-0.05, 0) is 49.7 Å². The Balaban J connectivity index is 1.71. The molecule has 6 heteroatoms. The summed E-state index contributed by atoms with van der Waals surface area (Å²) in [6.07, 6.45) is 0.621. The minimum absolute atomic E-state index is 0.111. The molecule has 140 valence electrons. The number of rotatable bonds is 6. The maximum absolute atomic E-state index is 12.3. The van der Waals surface area contributed by atoms with Crippen molar-refractivity contribution < 1.29 is 14.3 Å². The molecule has 3 rings (SSSR count). The predicted molar refractivity (Wildman–Crippen MR) is 103 cm³/mol. The first-order valence-corrected chi connectivity index (χ1v) is 8.84. The number of carbonyl (C=O) groups excluding carboxylic acids is 1. The Kier molecular flexibility index (Phi) is 5.54. The molecule has 0 saturated heterocycles. The topological polar surface area (TPSA) is 70.4 Å². The quantitative estimate of drug-likeness (QED) is 0.627. The molecular weight excluding hydrogens is 344 g/mol. The zero-order valence-corrected chi connectivity index (χ0v) is 15.7. The van der Waals surface area contributed by atoms with Crippen LogP contribution in [0.3, 0.4) is 0 Å². The van der Waals surface area contributed by atoms with Crippen LogP contribution in [0.1, 0.15) is 28.5 Å². The summed E-state index contributed by atoms with van der Waals surface area (Å²) in [7, 11) is 1.62. The van der Waals surface area contributed by atoms with Crippen LogP contribution in [0.2, 0.25) is 0 Å². The molecule has 0 atom stereocenters. The molecule has 1 heterocycles. The van der Waals surface area contributed by atoms with E-state index in [1.807, 2.05) is 31.2 Å². The minimum atomic E-state index is -0.404. The molecule has 0 aliphatic carbocycles. The number of esters is 1. The molecule has 0 aliphatic rings. The first-order valence-electron chi connectivity index (χ1n) is 8.84. The van der Waals surface area contributed by atoms with Gasteiger partial charge in [0, 0.05) is 13.0 Å². The van der Waals surface area contributed by atoms with Gasteiger partial charge in [0.05, 0.1) is 30.3 Å².